The molecule has 162 valence electrons. The van der Waals surface area contributed by atoms with Crippen LogP contribution in [0.3, 0.4) is 0 Å². The number of fused-ring (bicyclic) bond motifs is 1. The van der Waals surface area contributed by atoms with Gasteiger partial charge in [-0.05, 0) is 38.0 Å². The van der Waals surface area contributed by atoms with Crippen LogP contribution in [0.4, 0.5) is 0 Å². The van der Waals surface area contributed by atoms with Crippen molar-refractivity contribution in [3.05, 3.63) is 66.0 Å². The monoisotopic (exact) mass is 521 g/mol. The minimum Gasteiger partial charge on any atom is -0.374 e. The highest BCUT2D eigenvalue weighted by molar-refractivity contribution is 14.0. The molecule has 2 N–H and O–H groups in total. The fourth-order valence-electron chi connectivity index (χ4n) is 3.19. The summed E-state index contributed by atoms with van der Waals surface area (Å²) in [6.07, 6.45) is 1.02. The lowest BCUT2D eigenvalue weighted by molar-refractivity contribution is 0.0646. The van der Waals surface area contributed by atoms with Crippen molar-refractivity contribution < 1.29 is 4.74 Å². The molecular formula is C23H32IN5O. The zero-order valence-electron chi connectivity index (χ0n) is 18.0. The number of imidazole rings is 1. The van der Waals surface area contributed by atoms with Crippen LogP contribution in [0.5, 0.6) is 0 Å². The number of rotatable bonds is 9. The van der Waals surface area contributed by atoms with E-state index in [4.69, 9.17) is 9.73 Å². The summed E-state index contributed by atoms with van der Waals surface area (Å²) in [6, 6.07) is 18.5. The zero-order chi connectivity index (χ0) is 20.5. The van der Waals surface area contributed by atoms with Crippen LogP contribution in [0, 0.1) is 0 Å². The predicted molar refractivity (Wildman–Crippen MR) is 134 cm³/mol. The van der Waals surface area contributed by atoms with Gasteiger partial charge in [0.2, 0.25) is 0 Å². The van der Waals surface area contributed by atoms with E-state index in [9.17, 15) is 0 Å². The van der Waals surface area contributed by atoms with Gasteiger partial charge in [0.05, 0.1) is 17.1 Å². The topological polar surface area (TPSA) is 63.5 Å². The van der Waals surface area contributed by atoms with E-state index < -0.39 is 0 Å². The lowest BCUT2D eigenvalue weighted by Crippen LogP contribution is -2.38. The zero-order valence-corrected chi connectivity index (χ0v) is 20.3. The summed E-state index contributed by atoms with van der Waals surface area (Å²) >= 11 is 0. The summed E-state index contributed by atoms with van der Waals surface area (Å²) in [5.74, 6) is 1.75. The van der Waals surface area contributed by atoms with Gasteiger partial charge in [-0.3, -0.25) is 0 Å². The van der Waals surface area contributed by atoms with Gasteiger partial charge in [-0.2, -0.15) is 0 Å². The van der Waals surface area contributed by atoms with Gasteiger partial charge in [0, 0.05) is 26.7 Å². The number of guanidine groups is 1. The first-order chi connectivity index (χ1) is 14.2. The minimum atomic E-state index is 0. The maximum absolute atomic E-state index is 5.93. The number of aliphatic imine (C=N–C) groups is 1. The Hall–Kier alpha value is -2.13. The Kier molecular flexibility index (Phi) is 10.1. The third kappa shape index (κ3) is 6.70. The molecule has 0 amide bonds. The number of benzene rings is 2. The van der Waals surface area contributed by atoms with Crippen LogP contribution in [-0.2, 0) is 18.3 Å². The lowest BCUT2D eigenvalue weighted by Gasteiger charge is -2.14. The fourth-order valence-corrected chi connectivity index (χ4v) is 3.19. The smallest absolute Gasteiger partial charge is 0.191 e. The number of nitrogens with one attached hydrogen (secondary N) is 2. The molecule has 30 heavy (non-hydrogen) atoms. The van der Waals surface area contributed by atoms with Crippen LogP contribution < -0.4 is 10.6 Å². The van der Waals surface area contributed by atoms with E-state index in [1.165, 1.54) is 5.56 Å². The molecule has 7 heteroatoms. The molecule has 0 aliphatic carbocycles. The number of nitrogens with zero attached hydrogens (tertiary/aromatic N) is 3. The highest BCUT2D eigenvalue weighted by atomic mass is 127. The van der Waals surface area contributed by atoms with E-state index in [1.807, 2.05) is 43.4 Å². The second-order valence-corrected chi connectivity index (χ2v) is 6.97. The predicted octanol–water partition coefficient (Wildman–Crippen LogP) is 4.41. The molecule has 2 aromatic carbocycles. The van der Waals surface area contributed by atoms with Crippen molar-refractivity contribution in [2.45, 2.75) is 32.9 Å². The SMILES string of the molecule is CCNC(=NCc1nc2ccccc2n1C)NCCCOC(C)c1ccccc1.I. The molecule has 1 unspecified atom stereocenters. The Bertz CT molecular complexity index is 926. The molecule has 0 aliphatic heterocycles. The fraction of sp³-hybridized carbons (Fsp3) is 0.391. The molecule has 0 fully saturated rings. The van der Waals surface area contributed by atoms with Gasteiger partial charge >= 0.3 is 0 Å². The van der Waals surface area contributed by atoms with Gasteiger partial charge in [0.15, 0.2) is 5.96 Å². The summed E-state index contributed by atoms with van der Waals surface area (Å²) in [7, 11) is 2.03. The summed E-state index contributed by atoms with van der Waals surface area (Å²) < 4.78 is 8.03. The molecule has 0 spiro atoms. The number of ether oxygens (including phenoxy) is 1. The van der Waals surface area contributed by atoms with Crippen LogP contribution in [0.2, 0.25) is 0 Å². The minimum absolute atomic E-state index is 0. The molecule has 1 atom stereocenters. The standard InChI is InChI=1S/C23H31N5O.HI/c1-4-24-23(25-15-10-16-29-18(2)19-11-6-5-7-12-19)26-17-22-27-20-13-8-9-14-21(20)28(22)3;/h5-9,11-14,18H,4,10,15-17H2,1-3H3,(H2,24,25,26);1H. The van der Waals surface area contributed by atoms with Crippen molar-refractivity contribution in [2.24, 2.45) is 12.0 Å². The molecule has 1 aromatic heterocycles. The van der Waals surface area contributed by atoms with Gasteiger partial charge < -0.3 is 19.9 Å². The van der Waals surface area contributed by atoms with Crippen LogP contribution >= 0.6 is 24.0 Å². The third-order valence-electron chi connectivity index (χ3n) is 4.85. The number of halogens is 1. The van der Waals surface area contributed by atoms with Crippen molar-refractivity contribution in [3.8, 4) is 0 Å². The summed E-state index contributed by atoms with van der Waals surface area (Å²) in [5, 5.41) is 6.67. The van der Waals surface area contributed by atoms with E-state index in [0.717, 1.165) is 42.3 Å². The summed E-state index contributed by atoms with van der Waals surface area (Å²) in [6.45, 7) is 7.00. The lowest BCUT2D eigenvalue weighted by atomic mass is 10.1. The van der Waals surface area contributed by atoms with Gasteiger partial charge in [0.25, 0.3) is 0 Å². The quantitative estimate of drug-likeness (QED) is 0.190. The Balaban J connectivity index is 0.00000320. The number of para-hydroxylation sites is 2. The molecule has 0 saturated carbocycles. The first-order valence-corrected chi connectivity index (χ1v) is 10.3. The number of hydrogen-bond donors (Lipinski definition) is 2. The molecule has 3 rings (SSSR count). The van der Waals surface area contributed by atoms with Crippen LogP contribution in [0.1, 0.15) is 37.8 Å². The highest BCUT2D eigenvalue weighted by Crippen LogP contribution is 2.16. The molecule has 0 bridgehead atoms. The Morgan fingerprint density at radius 2 is 1.83 bits per heavy atom. The number of aryl methyl sites for hydroxylation is 1. The van der Waals surface area contributed by atoms with Crippen LogP contribution in [-0.4, -0.2) is 35.2 Å². The van der Waals surface area contributed by atoms with Crippen LogP contribution in [0.15, 0.2) is 59.6 Å². The molecule has 6 nitrogen and oxygen atoms in total. The van der Waals surface area contributed by atoms with Crippen molar-refractivity contribution in [1.82, 2.24) is 20.2 Å². The van der Waals surface area contributed by atoms with Gasteiger partial charge in [-0.15, -0.1) is 24.0 Å². The van der Waals surface area contributed by atoms with Gasteiger partial charge in [0.1, 0.15) is 12.4 Å². The molecule has 0 aliphatic rings. The van der Waals surface area contributed by atoms with Gasteiger partial charge in [-0.1, -0.05) is 42.5 Å². The van der Waals surface area contributed by atoms with Crippen molar-refractivity contribution in [2.75, 3.05) is 19.7 Å². The van der Waals surface area contributed by atoms with Crippen LogP contribution in [0.25, 0.3) is 11.0 Å². The van der Waals surface area contributed by atoms with E-state index in [0.29, 0.717) is 13.2 Å². The average molecular weight is 521 g/mol. The third-order valence-corrected chi connectivity index (χ3v) is 4.85. The van der Waals surface area contributed by atoms with E-state index in [2.05, 4.69) is 52.2 Å². The van der Waals surface area contributed by atoms with Crippen molar-refractivity contribution in [3.63, 3.8) is 0 Å². The van der Waals surface area contributed by atoms with Crippen molar-refractivity contribution >= 4 is 41.0 Å². The molecular weight excluding hydrogens is 489 g/mol. The normalized spacial score (nSPS) is 12.4. The molecule has 0 radical (unpaired) electrons. The number of hydrogen-bond acceptors (Lipinski definition) is 3. The van der Waals surface area contributed by atoms with Crippen molar-refractivity contribution in [1.29, 1.82) is 0 Å². The summed E-state index contributed by atoms with van der Waals surface area (Å²) in [4.78, 5) is 9.37. The average Bonchev–Trinajstić information content (AvgIpc) is 3.08. The highest BCUT2D eigenvalue weighted by Gasteiger charge is 2.07. The molecule has 3 aromatic rings. The second-order valence-electron chi connectivity index (χ2n) is 6.97. The Labute approximate surface area is 196 Å². The molecule has 0 saturated heterocycles. The van der Waals surface area contributed by atoms with Gasteiger partial charge in [-0.25, -0.2) is 9.98 Å². The maximum Gasteiger partial charge on any atom is 0.191 e. The van der Waals surface area contributed by atoms with E-state index >= 15 is 0 Å². The maximum atomic E-state index is 5.93. The molecule has 1 heterocycles. The summed E-state index contributed by atoms with van der Waals surface area (Å²) in [5.41, 5.74) is 3.33. The Morgan fingerprint density at radius 3 is 2.57 bits per heavy atom. The van der Waals surface area contributed by atoms with E-state index in [1.54, 1.807) is 0 Å². The van der Waals surface area contributed by atoms with E-state index in [-0.39, 0.29) is 30.1 Å². The first-order valence-electron chi connectivity index (χ1n) is 10.3. The largest absolute Gasteiger partial charge is 0.374 e. The second kappa shape index (κ2) is 12.5. The number of aromatic nitrogens is 2. The Morgan fingerprint density at radius 1 is 1.10 bits per heavy atom. The first kappa shape index (κ1) is 24.1.